The van der Waals surface area contributed by atoms with Crippen LogP contribution in [0.4, 0.5) is 17.3 Å². The van der Waals surface area contributed by atoms with Gasteiger partial charge in [-0.25, -0.2) is 0 Å². The zero-order valence-corrected chi connectivity index (χ0v) is 16.3. The highest BCUT2D eigenvalue weighted by Crippen LogP contribution is 2.27. The molecule has 3 aliphatic heterocycles. The first kappa shape index (κ1) is 18.1. The zero-order chi connectivity index (χ0) is 18.7. The number of nitrogens with one attached hydrogen (secondary N) is 1. The predicted molar refractivity (Wildman–Crippen MR) is 106 cm³/mol. The van der Waals surface area contributed by atoms with Crippen LogP contribution in [-0.2, 0) is 0 Å². The predicted octanol–water partition coefficient (Wildman–Crippen LogP) is 2.50. The molecule has 1 aromatic heterocycles. The van der Waals surface area contributed by atoms with Crippen molar-refractivity contribution >= 4 is 17.3 Å². The number of benzene rings is 1. The first-order valence-corrected chi connectivity index (χ1v) is 9.88. The lowest BCUT2D eigenvalue weighted by atomic mass is 10.1. The molecular formula is C19H29N8+. The maximum atomic E-state index is 4.29. The Hall–Kier alpha value is -2.32. The van der Waals surface area contributed by atoms with Crippen molar-refractivity contribution in [1.29, 1.82) is 0 Å². The van der Waals surface area contributed by atoms with E-state index in [4.69, 9.17) is 0 Å². The van der Waals surface area contributed by atoms with Crippen LogP contribution in [0.25, 0.3) is 0 Å². The van der Waals surface area contributed by atoms with Crippen molar-refractivity contribution in [1.82, 2.24) is 20.1 Å². The molecule has 27 heavy (non-hydrogen) atoms. The summed E-state index contributed by atoms with van der Waals surface area (Å²) in [6.45, 7) is 15.5. The average molecular weight is 369 g/mol. The number of likely N-dealkylation sites (N-methyl/N-ethyl adjacent to an activating group) is 1. The molecule has 0 saturated carbocycles. The van der Waals surface area contributed by atoms with Gasteiger partial charge in [0.05, 0.1) is 38.4 Å². The lowest BCUT2D eigenvalue weighted by Crippen LogP contribution is -2.68. The molecule has 0 spiro atoms. The van der Waals surface area contributed by atoms with Gasteiger partial charge in [-0.1, -0.05) is 0 Å². The Bertz CT molecular complexity index is 763. The van der Waals surface area contributed by atoms with Crippen LogP contribution in [0.15, 0.2) is 34.8 Å². The number of anilines is 1. The fourth-order valence-corrected chi connectivity index (χ4v) is 4.17. The molecule has 0 atom stereocenters. The molecule has 3 aliphatic rings. The molecule has 2 bridgehead atoms. The summed E-state index contributed by atoms with van der Waals surface area (Å²) in [6, 6.07) is 6.41. The van der Waals surface area contributed by atoms with Gasteiger partial charge in [-0.05, 0) is 37.6 Å². The second-order valence-corrected chi connectivity index (χ2v) is 7.64. The number of H-pyrrole nitrogens is 1. The number of nitrogens with zero attached hydrogens (tertiary/aromatic N) is 7. The lowest BCUT2D eigenvalue weighted by Gasteiger charge is -2.51. The molecule has 0 amide bonds. The van der Waals surface area contributed by atoms with Gasteiger partial charge >= 0.3 is 0 Å². The fraction of sp³-hybridized carbons (Fsp3) is 0.579. The summed E-state index contributed by atoms with van der Waals surface area (Å²) in [5, 5.41) is 15.9. The van der Waals surface area contributed by atoms with Crippen molar-refractivity contribution in [2.24, 2.45) is 10.2 Å². The molecule has 8 nitrogen and oxygen atoms in total. The van der Waals surface area contributed by atoms with Crippen LogP contribution in [0.5, 0.6) is 0 Å². The molecule has 0 aliphatic carbocycles. The third-order valence-electron chi connectivity index (χ3n) is 6.10. The number of hydrogen-bond donors (Lipinski definition) is 1. The van der Waals surface area contributed by atoms with Gasteiger partial charge in [-0.15, -0.1) is 20.4 Å². The quantitative estimate of drug-likeness (QED) is 0.601. The Morgan fingerprint density at radius 3 is 2.59 bits per heavy atom. The number of piperazine rings is 3. The standard InChI is InChI=1S/C19H29N8/c1-3-26(9-13-27-10-6-25(7-11-27)8-12-27)17-4-5-18(16(2)14-17)22-24-19-20-15-21-23-19/h4-5,14-15H,3,6-13H2,1-2H3,(H,20,21,23)/q+1/b24-22+. The van der Waals surface area contributed by atoms with Gasteiger partial charge in [0.25, 0.3) is 5.95 Å². The molecular weight excluding hydrogens is 340 g/mol. The summed E-state index contributed by atoms with van der Waals surface area (Å²) in [5.74, 6) is 0.421. The van der Waals surface area contributed by atoms with Crippen molar-refractivity contribution in [2.45, 2.75) is 13.8 Å². The van der Waals surface area contributed by atoms with E-state index in [1.165, 1.54) is 62.3 Å². The summed E-state index contributed by atoms with van der Waals surface area (Å²) < 4.78 is 1.30. The molecule has 144 valence electrons. The Labute approximate surface area is 160 Å². The van der Waals surface area contributed by atoms with E-state index < -0.39 is 0 Å². The van der Waals surface area contributed by atoms with E-state index >= 15 is 0 Å². The highest BCUT2D eigenvalue weighted by molar-refractivity contribution is 5.57. The normalized spacial score (nSPS) is 24.6. The topological polar surface area (TPSA) is 72.8 Å². The van der Waals surface area contributed by atoms with E-state index in [9.17, 15) is 0 Å². The molecule has 1 aromatic carbocycles. The zero-order valence-electron chi connectivity index (χ0n) is 16.3. The summed E-state index contributed by atoms with van der Waals surface area (Å²) in [7, 11) is 0. The molecule has 3 saturated heterocycles. The van der Waals surface area contributed by atoms with Crippen LogP contribution in [0.2, 0.25) is 0 Å². The SMILES string of the molecule is CCN(CC[N+]12CCN(CC1)CC2)c1ccc(/N=N/c2nnc[nH]2)c(C)c1. The van der Waals surface area contributed by atoms with Crippen molar-refractivity contribution in [2.75, 3.05) is 63.8 Å². The van der Waals surface area contributed by atoms with Gasteiger partial charge < -0.3 is 14.4 Å². The van der Waals surface area contributed by atoms with E-state index in [1.807, 2.05) is 6.07 Å². The van der Waals surface area contributed by atoms with Crippen LogP contribution >= 0.6 is 0 Å². The second-order valence-electron chi connectivity index (χ2n) is 7.64. The highest BCUT2D eigenvalue weighted by atomic mass is 15.5. The largest absolute Gasteiger partial charge is 0.366 e. The third kappa shape index (κ3) is 4.01. The summed E-state index contributed by atoms with van der Waals surface area (Å²) in [6.07, 6.45) is 1.50. The van der Waals surface area contributed by atoms with Gasteiger partial charge in [0.1, 0.15) is 6.33 Å². The van der Waals surface area contributed by atoms with Crippen molar-refractivity contribution < 1.29 is 4.48 Å². The summed E-state index contributed by atoms with van der Waals surface area (Å²) in [4.78, 5) is 7.92. The van der Waals surface area contributed by atoms with Gasteiger partial charge in [-0.3, -0.25) is 4.90 Å². The average Bonchev–Trinajstić information content (AvgIpc) is 3.23. The van der Waals surface area contributed by atoms with Crippen molar-refractivity contribution in [3.05, 3.63) is 30.1 Å². The Kier molecular flexibility index (Phi) is 5.18. The number of aryl methyl sites for hydroxylation is 1. The maximum absolute atomic E-state index is 4.29. The van der Waals surface area contributed by atoms with Gasteiger partial charge in [-0.2, -0.15) is 0 Å². The molecule has 8 heteroatoms. The van der Waals surface area contributed by atoms with E-state index in [0.29, 0.717) is 5.95 Å². The van der Waals surface area contributed by atoms with E-state index in [1.54, 1.807) is 0 Å². The number of quaternary nitrogens is 1. The number of aromatic nitrogens is 3. The number of fused-ring (bicyclic) bond motifs is 3. The van der Waals surface area contributed by atoms with Crippen LogP contribution in [-0.4, -0.2) is 83.5 Å². The molecule has 4 heterocycles. The smallest absolute Gasteiger partial charge is 0.267 e. The van der Waals surface area contributed by atoms with Gasteiger partial charge in [0.15, 0.2) is 0 Å². The first-order valence-electron chi connectivity index (χ1n) is 9.88. The van der Waals surface area contributed by atoms with Crippen LogP contribution in [0.1, 0.15) is 12.5 Å². The third-order valence-corrected chi connectivity index (χ3v) is 6.10. The minimum atomic E-state index is 0.421. The van der Waals surface area contributed by atoms with Crippen molar-refractivity contribution in [3.8, 4) is 0 Å². The molecule has 1 N–H and O–H groups in total. The first-order chi connectivity index (χ1) is 13.2. The van der Waals surface area contributed by atoms with Gasteiger partial charge in [0, 0.05) is 31.9 Å². The Balaban J connectivity index is 1.42. The molecule has 5 rings (SSSR count). The molecule has 2 aromatic rings. The summed E-state index contributed by atoms with van der Waals surface area (Å²) in [5.41, 5.74) is 3.25. The monoisotopic (exact) mass is 369 g/mol. The Morgan fingerprint density at radius 2 is 1.96 bits per heavy atom. The molecule has 0 unspecified atom stereocenters. The number of hydrogen-bond acceptors (Lipinski definition) is 6. The van der Waals surface area contributed by atoms with Crippen LogP contribution in [0, 0.1) is 6.92 Å². The number of rotatable bonds is 7. The molecule has 0 radical (unpaired) electrons. The van der Waals surface area contributed by atoms with Crippen LogP contribution in [0.3, 0.4) is 0 Å². The maximum Gasteiger partial charge on any atom is 0.267 e. The van der Waals surface area contributed by atoms with E-state index in [-0.39, 0.29) is 0 Å². The Morgan fingerprint density at radius 1 is 1.19 bits per heavy atom. The highest BCUT2D eigenvalue weighted by Gasteiger charge is 2.38. The summed E-state index contributed by atoms with van der Waals surface area (Å²) >= 11 is 0. The molecule has 3 fully saturated rings. The van der Waals surface area contributed by atoms with Crippen LogP contribution < -0.4 is 4.90 Å². The number of aromatic amines is 1. The lowest BCUT2D eigenvalue weighted by molar-refractivity contribution is -0.939. The van der Waals surface area contributed by atoms with Gasteiger partial charge in [0.2, 0.25) is 0 Å². The fourth-order valence-electron chi connectivity index (χ4n) is 4.17. The minimum absolute atomic E-state index is 0.421. The van der Waals surface area contributed by atoms with E-state index in [2.05, 4.69) is 61.2 Å². The van der Waals surface area contributed by atoms with E-state index in [0.717, 1.165) is 24.3 Å². The minimum Gasteiger partial charge on any atom is -0.366 e. The number of azo groups is 1. The second kappa shape index (κ2) is 7.74. The van der Waals surface area contributed by atoms with Crippen molar-refractivity contribution in [3.63, 3.8) is 0 Å².